The molecule has 0 bridgehead atoms. The van der Waals surface area contributed by atoms with Gasteiger partial charge in [0, 0.05) is 12.6 Å². The van der Waals surface area contributed by atoms with Gasteiger partial charge in [-0.25, -0.2) is 0 Å². The fourth-order valence-electron chi connectivity index (χ4n) is 1.64. The lowest BCUT2D eigenvalue weighted by Crippen LogP contribution is -2.35. The topological polar surface area (TPSA) is 49.8 Å². The summed E-state index contributed by atoms with van der Waals surface area (Å²) in [6, 6.07) is 8.00. The molecule has 0 aliphatic heterocycles. The molecule has 4 nitrogen and oxygen atoms in total. The van der Waals surface area contributed by atoms with Crippen LogP contribution in [0.1, 0.15) is 25.0 Å². The molecular formula is C14H21NO3. The molecule has 0 spiro atoms. The van der Waals surface area contributed by atoms with Crippen molar-refractivity contribution in [1.29, 1.82) is 0 Å². The van der Waals surface area contributed by atoms with Gasteiger partial charge in [-0.1, -0.05) is 24.3 Å². The molecule has 1 N–H and O–H groups in total. The summed E-state index contributed by atoms with van der Waals surface area (Å²) >= 11 is 0. The van der Waals surface area contributed by atoms with E-state index in [9.17, 15) is 4.79 Å². The maximum Gasteiger partial charge on any atom is 0.319 e. The summed E-state index contributed by atoms with van der Waals surface area (Å²) in [5.74, 6) is -0.226. The van der Waals surface area contributed by atoms with Gasteiger partial charge in [0.25, 0.3) is 0 Å². The summed E-state index contributed by atoms with van der Waals surface area (Å²) in [4.78, 5) is 13.4. The van der Waals surface area contributed by atoms with Crippen LogP contribution < -0.4 is 0 Å². The molecule has 0 aliphatic rings. The Morgan fingerprint density at radius 2 is 1.83 bits per heavy atom. The first-order valence-corrected chi connectivity index (χ1v) is 6.06. The zero-order chi connectivity index (χ0) is 13.5. The van der Waals surface area contributed by atoms with Crippen LogP contribution in [0.5, 0.6) is 0 Å². The highest BCUT2D eigenvalue weighted by atomic mass is 16.5. The van der Waals surface area contributed by atoms with Crippen molar-refractivity contribution in [2.45, 2.75) is 33.0 Å². The molecule has 1 rings (SSSR count). The van der Waals surface area contributed by atoms with Crippen LogP contribution in [-0.2, 0) is 22.7 Å². The van der Waals surface area contributed by atoms with Crippen LogP contribution in [-0.4, -0.2) is 35.7 Å². The van der Waals surface area contributed by atoms with Gasteiger partial charge in [-0.3, -0.25) is 9.69 Å². The van der Waals surface area contributed by atoms with Crippen LogP contribution in [0.25, 0.3) is 0 Å². The Kier molecular flexibility index (Phi) is 5.82. The lowest BCUT2D eigenvalue weighted by atomic mass is 10.1. The van der Waals surface area contributed by atoms with E-state index in [1.54, 1.807) is 0 Å². The lowest BCUT2D eigenvalue weighted by molar-refractivity contribution is -0.142. The number of benzene rings is 1. The maximum absolute atomic E-state index is 11.3. The third-order valence-corrected chi connectivity index (χ3v) is 2.88. The molecular weight excluding hydrogens is 230 g/mol. The Labute approximate surface area is 108 Å². The highest BCUT2D eigenvalue weighted by Gasteiger charge is 2.14. The van der Waals surface area contributed by atoms with Gasteiger partial charge in [-0.05, 0) is 25.0 Å². The van der Waals surface area contributed by atoms with E-state index in [2.05, 4.69) is 0 Å². The van der Waals surface area contributed by atoms with Gasteiger partial charge < -0.3 is 9.84 Å². The van der Waals surface area contributed by atoms with E-state index in [1.807, 2.05) is 43.0 Å². The molecule has 1 aromatic carbocycles. The van der Waals surface area contributed by atoms with E-state index in [-0.39, 0.29) is 25.2 Å². The van der Waals surface area contributed by atoms with Crippen molar-refractivity contribution >= 4 is 5.97 Å². The lowest BCUT2D eigenvalue weighted by Gasteiger charge is -2.25. The van der Waals surface area contributed by atoms with Crippen molar-refractivity contribution in [2.24, 2.45) is 0 Å². The second-order valence-corrected chi connectivity index (χ2v) is 4.55. The smallest absolute Gasteiger partial charge is 0.319 e. The maximum atomic E-state index is 11.3. The number of aliphatic hydroxyl groups excluding tert-OH is 1. The number of ether oxygens (including phenoxy) is 1. The van der Waals surface area contributed by atoms with Crippen molar-refractivity contribution in [2.75, 3.05) is 13.7 Å². The number of rotatable bonds is 6. The molecule has 0 saturated heterocycles. The fraction of sp³-hybridized carbons (Fsp3) is 0.500. The van der Waals surface area contributed by atoms with E-state index in [0.29, 0.717) is 6.54 Å². The monoisotopic (exact) mass is 251 g/mol. The number of hydrogen-bond acceptors (Lipinski definition) is 4. The first kappa shape index (κ1) is 14.7. The van der Waals surface area contributed by atoms with Gasteiger partial charge in [-0.2, -0.15) is 0 Å². The molecule has 0 unspecified atom stereocenters. The zero-order valence-corrected chi connectivity index (χ0v) is 11.2. The van der Waals surface area contributed by atoms with Crippen molar-refractivity contribution < 1.29 is 14.6 Å². The number of carbonyl (C=O) groups excluding carboxylic acids is 1. The third-order valence-electron chi connectivity index (χ3n) is 2.88. The van der Waals surface area contributed by atoms with Gasteiger partial charge in [0.15, 0.2) is 0 Å². The number of hydrogen-bond donors (Lipinski definition) is 1. The van der Waals surface area contributed by atoms with Crippen LogP contribution in [0, 0.1) is 0 Å². The fourth-order valence-corrected chi connectivity index (χ4v) is 1.64. The minimum absolute atomic E-state index is 0.0519. The molecule has 0 aromatic heterocycles. The van der Waals surface area contributed by atoms with E-state index >= 15 is 0 Å². The van der Waals surface area contributed by atoms with Crippen molar-refractivity contribution in [3.8, 4) is 0 Å². The molecule has 0 amide bonds. The predicted octanol–water partition coefficient (Wildman–Crippen LogP) is 1.56. The van der Waals surface area contributed by atoms with Crippen LogP contribution >= 0.6 is 0 Å². The minimum Gasteiger partial charge on any atom is -0.468 e. The standard InChI is InChI=1S/C14H21NO3/c1-11(2)15(9-14(17)18-3)8-12-4-6-13(10-16)7-5-12/h4-7,11,16H,8-10H2,1-3H3. The van der Waals surface area contributed by atoms with Gasteiger partial charge in [-0.15, -0.1) is 0 Å². The van der Waals surface area contributed by atoms with Crippen LogP contribution in [0.15, 0.2) is 24.3 Å². The van der Waals surface area contributed by atoms with Gasteiger partial charge in [0.1, 0.15) is 0 Å². The zero-order valence-electron chi connectivity index (χ0n) is 11.2. The molecule has 4 heteroatoms. The van der Waals surface area contributed by atoms with E-state index in [4.69, 9.17) is 9.84 Å². The summed E-state index contributed by atoms with van der Waals surface area (Å²) < 4.78 is 4.69. The van der Waals surface area contributed by atoms with Crippen molar-refractivity contribution in [3.05, 3.63) is 35.4 Å². The Bertz CT molecular complexity index is 373. The van der Waals surface area contributed by atoms with Crippen LogP contribution in [0.2, 0.25) is 0 Å². The highest BCUT2D eigenvalue weighted by molar-refractivity contribution is 5.71. The molecule has 0 atom stereocenters. The summed E-state index contributed by atoms with van der Waals surface area (Å²) in [7, 11) is 1.40. The molecule has 0 heterocycles. The first-order chi connectivity index (χ1) is 8.56. The normalized spacial score (nSPS) is 11.0. The minimum atomic E-state index is -0.226. The first-order valence-electron chi connectivity index (χ1n) is 6.06. The van der Waals surface area contributed by atoms with E-state index < -0.39 is 0 Å². The second-order valence-electron chi connectivity index (χ2n) is 4.55. The Morgan fingerprint density at radius 3 is 2.28 bits per heavy atom. The van der Waals surface area contributed by atoms with E-state index in [1.165, 1.54) is 7.11 Å². The second kappa shape index (κ2) is 7.13. The average Bonchev–Trinajstić information content (AvgIpc) is 2.38. The van der Waals surface area contributed by atoms with Crippen molar-refractivity contribution in [3.63, 3.8) is 0 Å². The van der Waals surface area contributed by atoms with Gasteiger partial charge >= 0.3 is 5.97 Å². The summed E-state index contributed by atoms with van der Waals surface area (Å²) in [6.07, 6.45) is 0. The number of nitrogens with zero attached hydrogens (tertiary/aromatic N) is 1. The quantitative estimate of drug-likeness (QED) is 0.780. The van der Waals surface area contributed by atoms with Crippen LogP contribution in [0.4, 0.5) is 0 Å². The largest absolute Gasteiger partial charge is 0.468 e. The van der Waals surface area contributed by atoms with Crippen LogP contribution in [0.3, 0.4) is 0 Å². The number of methoxy groups -OCH3 is 1. The molecule has 100 valence electrons. The molecule has 0 aliphatic carbocycles. The Balaban J connectivity index is 2.67. The Morgan fingerprint density at radius 1 is 1.28 bits per heavy atom. The predicted molar refractivity (Wildman–Crippen MR) is 69.9 cm³/mol. The molecule has 0 fully saturated rings. The van der Waals surface area contributed by atoms with Gasteiger partial charge in [0.05, 0.1) is 20.3 Å². The van der Waals surface area contributed by atoms with Gasteiger partial charge in [0.2, 0.25) is 0 Å². The molecule has 18 heavy (non-hydrogen) atoms. The highest BCUT2D eigenvalue weighted by Crippen LogP contribution is 2.10. The summed E-state index contributed by atoms with van der Waals surface area (Å²) in [5, 5.41) is 8.98. The molecule has 0 saturated carbocycles. The molecule has 1 aromatic rings. The third kappa shape index (κ3) is 4.47. The molecule has 0 radical (unpaired) electrons. The number of esters is 1. The number of carbonyl (C=O) groups is 1. The summed E-state index contributed by atoms with van der Waals surface area (Å²) in [6.45, 7) is 5.13. The average molecular weight is 251 g/mol. The van der Waals surface area contributed by atoms with Crippen molar-refractivity contribution in [1.82, 2.24) is 4.90 Å². The summed E-state index contributed by atoms with van der Waals surface area (Å²) in [5.41, 5.74) is 2.01. The Hall–Kier alpha value is -1.39. The SMILES string of the molecule is COC(=O)CN(Cc1ccc(CO)cc1)C(C)C. The number of aliphatic hydroxyl groups is 1. The van der Waals surface area contributed by atoms with E-state index in [0.717, 1.165) is 11.1 Å².